The topological polar surface area (TPSA) is 38.3 Å². The van der Waals surface area contributed by atoms with Crippen LogP contribution in [0.3, 0.4) is 0 Å². The molecule has 1 saturated heterocycles. The first-order chi connectivity index (χ1) is 7.16. The lowest BCUT2D eigenvalue weighted by atomic mass is 10.0. The molecule has 1 aromatic rings. The third-order valence-corrected chi connectivity index (χ3v) is 3.15. The van der Waals surface area contributed by atoms with Gasteiger partial charge in [0.05, 0.1) is 12.6 Å². The Morgan fingerprint density at radius 1 is 1.50 bits per heavy atom. The van der Waals surface area contributed by atoms with Gasteiger partial charge in [-0.1, -0.05) is 28.1 Å². The van der Waals surface area contributed by atoms with E-state index in [0.717, 1.165) is 16.5 Å². The fourth-order valence-electron chi connectivity index (χ4n) is 1.67. The number of ether oxygens (including phenoxy) is 1. The van der Waals surface area contributed by atoms with Gasteiger partial charge in [-0.05, 0) is 24.1 Å². The van der Waals surface area contributed by atoms with Gasteiger partial charge in [-0.25, -0.2) is 4.79 Å². The Hall–Kier alpha value is -0.740. The molecule has 0 aromatic heterocycles. The van der Waals surface area contributed by atoms with Gasteiger partial charge in [-0.2, -0.15) is 0 Å². The van der Waals surface area contributed by atoms with Gasteiger partial charge in [0, 0.05) is 10.9 Å². The summed E-state index contributed by atoms with van der Waals surface area (Å²) < 4.78 is 5.86. The summed E-state index contributed by atoms with van der Waals surface area (Å²) in [5.41, 5.74) is 2.31. The standard InChI is InChI=1S/C11H12BrNO2.ClH/c1-7-2-3-8(9(12)6-7)10-4-5-15-11(14)13-10;/h2-3,6,10H,4-5H2,1H3,(H,13,14);1H/t10-;/m1./s1. The lowest BCUT2D eigenvalue weighted by Gasteiger charge is -2.24. The average Bonchev–Trinajstić information content (AvgIpc) is 2.17. The maximum Gasteiger partial charge on any atom is 0.407 e. The minimum Gasteiger partial charge on any atom is -0.449 e. The molecule has 1 fully saturated rings. The van der Waals surface area contributed by atoms with Crippen molar-refractivity contribution in [2.75, 3.05) is 6.61 Å². The minimum absolute atomic E-state index is 0. The van der Waals surface area contributed by atoms with Crippen molar-refractivity contribution in [3.05, 3.63) is 33.8 Å². The van der Waals surface area contributed by atoms with E-state index in [1.165, 1.54) is 5.56 Å². The third-order valence-electron chi connectivity index (χ3n) is 2.46. The number of cyclic esters (lactones) is 1. The second-order valence-electron chi connectivity index (χ2n) is 3.65. The van der Waals surface area contributed by atoms with E-state index in [0.29, 0.717) is 6.61 Å². The van der Waals surface area contributed by atoms with E-state index in [9.17, 15) is 4.79 Å². The number of carbonyl (C=O) groups is 1. The van der Waals surface area contributed by atoms with Crippen LogP contribution in [0.2, 0.25) is 0 Å². The molecule has 1 aliphatic heterocycles. The van der Waals surface area contributed by atoms with Gasteiger partial charge in [0.25, 0.3) is 0 Å². The molecule has 1 atom stereocenters. The molecule has 1 N–H and O–H groups in total. The number of amides is 1. The number of rotatable bonds is 1. The number of alkyl carbamates (subject to hydrolysis) is 1. The molecule has 0 unspecified atom stereocenters. The predicted molar refractivity (Wildman–Crippen MR) is 68.0 cm³/mol. The highest BCUT2D eigenvalue weighted by atomic mass is 79.9. The van der Waals surface area contributed by atoms with E-state index in [1.54, 1.807) is 0 Å². The summed E-state index contributed by atoms with van der Waals surface area (Å²) in [6, 6.07) is 6.19. The van der Waals surface area contributed by atoms with Crippen LogP contribution >= 0.6 is 28.3 Å². The molecule has 16 heavy (non-hydrogen) atoms. The van der Waals surface area contributed by atoms with Gasteiger partial charge in [-0.15, -0.1) is 12.4 Å². The van der Waals surface area contributed by atoms with E-state index in [1.807, 2.05) is 19.1 Å². The Kier molecular flexibility index (Phi) is 4.62. The van der Waals surface area contributed by atoms with Crippen LogP contribution in [0.25, 0.3) is 0 Å². The quantitative estimate of drug-likeness (QED) is 0.864. The number of benzene rings is 1. The van der Waals surface area contributed by atoms with E-state index < -0.39 is 0 Å². The Bertz CT molecular complexity index is 398. The summed E-state index contributed by atoms with van der Waals surface area (Å²) >= 11 is 3.51. The number of hydrogen-bond donors (Lipinski definition) is 1. The molecular formula is C11H13BrClNO2. The van der Waals surface area contributed by atoms with Crippen LogP contribution in [0.1, 0.15) is 23.6 Å². The zero-order valence-corrected chi connectivity index (χ0v) is 11.2. The lowest BCUT2D eigenvalue weighted by Crippen LogP contribution is -2.35. The molecule has 0 spiro atoms. The summed E-state index contributed by atoms with van der Waals surface area (Å²) in [6.45, 7) is 2.52. The first kappa shape index (κ1) is 13.3. The van der Waals surface area contributed by atoms with Gasteiger partial charge < -0.3 is 10.1 Å². The summed E-state index contributed by atoms with van der Waals surface area (Å²) in [5, 5.41) is 2.80. The zero-order chi connectivity index (χ0) is 10.8. The maximum atomic E-state index is 11.1. The summed E-state index contributed by atoms with van der Waals surface area (Å²) in [7, 11) is 0. The van der Waals surface area contributed by atoms with E-state index in [-0.39, 0.29) is 24.5 Å². The van der Waals surface area contributed by atoms with Crippen LogP contribution < -0.4 is 5.32 Å². The molecule has 1 aromatic carbocycles. The van der Waals surface area contributed by atoms with Crippen molar-refractivity contribution in [3.63, 3.8) is 0 Å². The van der Waals surface area contributed by atoms with Crippen molar-refractivity contribution in [1.29, 1.82) is 0 Å². The Balaban J connectivity index is 0.00000128. The highest BCUT2D eigenvalue weighted by molar-refractivity contribution is 9.10. The number of nitrogens with one attached hydrogen (secondary N) is 1. The molecule has 5 heteroatoms. The Labute approximate surface area is 109 Å². The molecule has 0 saturated carbocycles. The molecular weight excluding hydrogens is 293 g/mol. The molecule has 0 aliphatic carbocycles. The molecule has 0 bridgehead atoms. The van der Waals surface area contributed by atoms with Gasteiger partial charge in [0.2, 0.25) is 0 Å². The van der Waals surface area contributed by atoms with Gasteiger partial charge in [0.1, 0.15) is 0 Å². The number of aryl methyl sites for hydroxylation is 1. The fourth-order valence-corrected chi connectivity index (χ4v) is 2.44. The van der Waals surface area contributed by atoms with Crippen molar-refractivity contribution in [1.82, 2.24) is 5.32 Å². The monoisotopic (exact) mass is 305 g/mol. The van der Waals surface area contributed by atoms with Crippen molar-refractivity contribution in [2.24, 2.45) is 0 Å². The fraction of sp³-hybridized carbons (Fsp3) is 0.364. The van der Waals surface area contributed by atoms with Crippen molar-refractivity contribution < 1.29 is 9.53 Å². The highest BCUT2D eigenvalue weighted by Crippen LogP contribution is 2.28. The smallest absolute Gasteiger partial charge is 0.407 e. The number of carbonyl (C=O) groups excluding carboxylic acids is 1. The Morgan fingerprint density at radius 2 is 2.25 bits per heavy atom. The summed E-state index contributed by atoms with van der Waals surface area (Å²) in [6.07, 6.45) is 0.478. The number of hydrogen-bond acceptors (Lipinski definition) is 2. The van der Waals surface area contributed by atoms with E-state index in [2.05, 4.69) is 27.3 Å². The van der Waals surface area contributed by atoms with Crippen LogP contribution in [0, 0.1) is 6.92 Å². The lowest BCUT2D eigenvalue weighted by molar-refractivity contribution is 0.115. The van der Waals surface area contributed by atoms with E-state index in [4.69, 9.17) is 4.74 Å². The van der Waals surface area contributed by atoms with Gasteiger partial charge in [0.15, 0.2) is 0 Å². The molecule has 2 rings (SSSR count). The third kappa shape index (κ3) is 2.89. The highest BCUT2D eigenvalue weighted by Gasteiger charge is 2.22. The molecule has 1 heterocycles. The molecule has 88 valence electrons. The first-order valence-electron chi connectivity index (χ1n) is 4.86. The SMILES string of the molecule is Cc1ccc([C@H]2CCOC(=O)N2)c(Br)c1.Cl. The summed E-state index contributed by atoms with van der Waals surface area (Å²) in [4.78, 5) is 11.1. The van der Waals surface area contributed by atoms with Crippen LogP contribution in [-0.4, -0.2) is 12.7 Å². The van der Waals surface area contributed by atoms with Crippen LogP contribution in [-0.2, 0) is 4.74 Å². The second-order valence-corrected chi connectivity index (χ2v) is 4.50. The molecule has 1 aliphatic rings. The van der Waals surface area contributed by atoms with Gasteiger partial charge in [-0.3, -0.25) is 0 Å². The van der Waals surface area contributed by atoms with Crippen molar-refractivity contribution in [3.8, 4) is 0 Å². The van der Waals surface area contributed by atoms with Crippen LogP contribution in [0.5, 0.6) is 0 Å². The Morgan fingerprint density at radius 3 is 2.88 bits per heavy atom. The van der Waals surface area contributed by atoms with Crippen LogP contribution in [0.4, 0.5) is 4.79 Å². The average molecular weight is 307 g/mol. The largest absolute Gasteiger partial charge is 0.449 e. The molecule has 1 amide bonds. The first-order valence-corrected chi connectivity index (χ1v) is 5.65. The molecule has 0 radical (unpaired) electrons. The number of halogens is 2. The zero-order valence-electron chi connectivity index (χ0n) is 8.83. The maximum absolute atomic E-state index is 11.1. The second kappa shape index (κ2) is 5.55. The van der Waals surface area contributed by atoms with Crippen molar-refractivity contribution >= 4 is 34.4 Å². The van der Waals surface area contributed by atoms with Gasteiger partial charge >= 0.3 is 6.09 Å². The molecule has 3 nitrogen and oxygen atoms in total. The van der Waals surface area contributed by atoms with E-state index >= 15 is 0 Å². The summed E-state index contributed by atoms with van der Waals surface area (Å²) in [5.74, 6) is 0. The van der Waals surface area contributed by atoms with Crippen LogP contribution in [0.15, 0.2) is 22.7 Å². The predicted octanol–water partition coefficient (Wildman–Crippen LogP) is 3.35. The normalized spacial score (nSPS) is 19.4. The van der Waals surface area contributed by atoms with Crippen molar-refractivity contribution in [2.45, 2.75) is 19.4 Å². The minimum atomic E-state index is -0.335.